The third-order valence-electron chi connectivity index (χ3n) is 3.82. The van der Waals surface area contributed by atoms with E-state index in [2.05, 4.69) is 34.6 Å². The van der Waals surface area contributed by atoms with Crippen LogP contribution < -0.4 is 5.32 Å². The van der Waals surface area contributed by atoms with Gasteiger partial charge in [-0.05, 0) is 49.8 Å². The number of rotatable bonds is 3. The highest BCUT2D eigenvalue weighted by molar-refractivity contribution is 7.99. The second kappa shape index (κ2) is 5.80. The van der Waals surface area contributed by atoms with Crippen molar-refractivity contribution in [1.29, 1.82) is 0 Å². The molecule has 0 saturated carbocycles. The van der Waals surface area contributed by atoms with Crippen LogP contribution in [0.5, 0.6) is 0 Å². The van der Waals surface area contributed by atoms with Crippen LogP contribution in [0.15, 0.2) is 23.1 Å². The van der Waals surface area contributed by atoms with Gasteiger partial charge in [0.05, 0.1) is 5.69 Å². The first-order valence-electron chi connectivity index (χ1n) is 6.81. The first kappa shape index (κ1) is 14.0. The average molecular weight is 308 g/mol. The number of aromatic amines is 1. The van der Waals surface area contributed by atoms with Crippen molar-refractivity contribution >= 4 is 23.4 Å². The highest BCUT2D eigenvalue weighted by Crippen LogP contribution is 2.37. The summed E-state index contributed by atoms with van der Waals surface area (Å²) in [6, 6.07) is 6.57. The summed E-state index contributed by atoms with van der Waals surface area (Å²) in [4.78, 5) is 1.35. The van der Waals surface area contributed by atoms with Crippen molar-refractivity contribution in [2.45, 2.75) is 37.8 Å². The number of fused-ring (bicyclic) bond motifs is 1. The summed E-state index contributed by atoms with van der Waals surface area (Å²) in [5.74, 6) is 1.15. The molecule has 2 heterocycles. The van der Waals surface area contributed by atoms with E-state index in [9.17, 15) is 0 Å². The predicted octanol–water partition coefficient (Wildman–Crippen LogP) is 4.01. The molecule has 0 aliphatic carbocycles. The highest BCUT2D eigenvalue weighted by atomic mass is 35.5. The smallest absolute Gasteiger partial charge is 0.0638 e. The van der Waals surface area contributed by atoms with Crippen LogP contribution in [0, 0.1) is 13.8 Å². The molecule has 1 aliphatic heterocycles. The third kappa shape index (κ3) is 2.73. The SMILES string of the molecule is Cc1n[nH]c(C)c1CNC1CCSc2ccc(Cl)cc21. The number of thioether (sulfide) groups is 1. The maximum atomic E-state index is 6.14. The number of benzene rings is 1. The van der Waals surface area contributed by atoms with Gasteiger partial charge in [0.15, 0.2) is 0 Å². The van der Waals surface area contributed by atoms with Crippen LogP contribution in [0.2, 0.25) is 5.02 Å². The van der Waals surface area contributed by atoms with Crippen molar-refractivity contribution in [3.05, 3.63) is 45.7 Å². The highest BCUT2D eigenvalue weighted by Gasteiger charge is 2.21. The van der Waals surface area contributed by atoms with E-state index >= 15 is 0 Å². The monoisotopic (exact) mass is 307 g/mol. The van der Waals surface area contributed by atoms with Crippen LogP contribution in [0.1, 0.15) is 35.0 Å². The van der Waals surface area contributed by atoms with Crippen LogP contribution in [-0.2, 0) is 6.54 Å². The van der Waals surface area contributed by atoms with Gasteiger partial charge in [-0.2, -0.15) is 5.10 Å². The molecule has 0 fully saturated rings. The van der Waals surface area contributed by atoms with E-state index in [0.29, 0.717) is 6.04 Å². The van der Waals surface area contributed by atoms with E-state index in [1.165, 1.54) is 16.0 Å². The maximum Gasteiger partial charge on any atom is 0.0638 e. The fraction of sp³-hybridized carbons (Fsp3) is 0.400. The molecular formula is C15H18ClN3S. The van der Waals surface area contributed by atoms with Crippen molar-refractivity contribution in [2.24, 2.45) is 0 Å². The van der Waals surface area contributed by atoms with Gasteiger partial charge in [-0.15, -0.1) is 11.8 Å². The molecule has 106 valence electrons. The average Bonchev–Trinajstić information content (AvgIpc) is 2.76. The van der Waals surface area contributed by atoms with Gasteiger partial charge in [0, 0.05) is 33.8 Å². The summed E-state index contributed by atoms with van der Waals surface area (Å²) in [5.41, 5.74) is 4.82. The van der Waals surface area contributed by atoms with E-state index in [1.54, 1.807) is 0 Å². The maximum absolute atomic E-state index is 6.14. The summed E-state index contributed by atoms with van der Waals surface area (Å²) < 4.78 is 0. The molecule has 5 heteroatoms. The molecule has 0 amide bonds. The van der Waals surface area contributed by atoms with Crippen molar-refractivity contribution < 1.29 is 0 Å². The first-order valence-corrected chi connectivity index (χ1v) is 8.17. The van der Waals surface area contributed by atoms with Gasteiger partial charge in [0.25, 0.3) is 0 Å². The predicted molar refractivity (Wildman–Crippen MR) is 84.4 cm³/mol. The number of nitrogens with one attached hydrogen (secondary N) is 2. The Morgan fingerprint density at radius 2 is 2.30 bits per heavy atom. The van der Waals surface area contributed by atoms with E-state index < -0.39 is 0 Å². The van der Waals surface area contributed by atoms with Crippen LogP contribution in [-0.4, -0.2) is 16.0 Å². The lowest BCUT2D eigenvalue weighted by molar-refractivity contribution is 0.508. The molecule has 1 aromatic heterocycles. The van der Waals surface area contributed by atoms with Gasteiger partial charge in [-0.1, -0.05) is 11.6 Å². The van der Waals surface area contributed by atoms with Gasteiger partial charge in [-0.25, -0.2) is 0 Å². The minimum Gasteiger partial charge on any atom is -0.306 e. The molecule has 2 aromatic rings. The van der Waals surface area contributed by atoms with Gasteiger partial charge >= 0.3 is 0 Å². The number of hydrogen-bond donors (Lipinski definition) is 2. The van der Waals surface area contributed by atoms with Crippen molar-refractivity contribution in [1.82, 2.24) is 15.5 Å². The molecule has 0 radical (unpaired) electrons. The van der Waals surface area contributed by atoms with Gasteiger partial charge in [0.2, 0.25) is 0 Å². The zero-order valence-corrected chi connectivity index (χ0v) is 13.2. The lowest BCUT2D eigenvalue weighted by atomic mass is 10.0. The summed E-state index contributed by atoms with van der Waals surface area (Å²) in [6.45, 7) is 4.95. The second-order valence-electron chi connectivity index (χ2n) is 5.17. The first-order chi connectivity index (χ1) is 9.65. The molecule has 1 aromatic carbocycles. The zero-order valence-electron chi connectivity index (χ0n) is 11.7. The largest absolute Gasteiger partial charge is 0.306 e. The molecule has 3 rings (SSSR count). The summed E-state index contributed by atoms with van der Waals surface area (Å²) in [7, 11) is 0. The fourth-order valence-corrected chi connectivity index (χ4v) is 3.92. The van der Waals surface area contributed by atoms with Crippen LogP contribution >= 0.6 is 23.4 Å². The third-order valence-corrected chi connectivity index (χ3v) is 5.18. The van der Waals surface area contributed by atoms with Gasteiger partial charge < -0.3 is 5.32 Å². The molecular weight excluding hydrogens is 290 g/mol. The number of hydrogen-bond acceptors (Lipinski definition) is 3. The minimum atomic E-state index is 0.374. The number of nitrogens with zero attached hydrogens (tertiary/aromatic N) is 1. The van der Waals surface area contributed by atoms with Crippen LogP contribution in [0.25, 0.3) is 0 Å². The van der Waals surface area contributed by atoms with E-state index in [4.69, 9.17) is 11.6 Å². The second-order valence-corrected chi connectivity index (χ2v) is 6.74. The van der Waals surface area contributed by atoms with E-state index in [1.807, 2.05) is 24.8 Å². The van der Waals surface area contributed by atoms with Gasteiger partial charge in [-0.3, -0.25) is 5.10 Å². The Kier molecular flexibility index (Phi) is 4.06. The zero-order chi connectivity index (χ0) is 14.1. The Morgan fingerprint density at radius 1 is 1.45 bits per heavy atom. The van der Waals surface area contributed by atoms with Crippen molar-refractivity contribution in [3.8, 4) is 0 Å². The number of halogens is 1. The number of H-pyrrole nitrogens is 1. The number of aryl methyl sites for hydroxylation is 2. The van der Waals surface area contributed by atoms with Gasteiger partial charge in [0.1, 0.15) is 0 Å². The molecule has 0 bridgehead atoms. The Hall–Kier alpha value is -0.970. The normalized spacial score (nSPS) is 18.1. The number of aromatic nitrogens is 2. The molecule has 20 heavy (non-hydrogen) atoms. The summed E-state index contributed by atoms with van der Waals surface area (Å²) in [6.07, 6.45) is 1.13. The Morgan fingerprint density at radius 3 is 3.05 bits per heavy atom. The minimum absolute atomic E-state index is 0.374. The van der Waals surface area contributed by atoms with Crippen LogP contribution in [0.4, 0.5) is 0 Å². The molecule has 1 aliphatic rings. The lowest BCUT2D eigenvalue weighted by Crippen LogP contribution is -2.24. The Labute approximate surface area is 128 Å². The molecule has 2 N–H and O–H groups in total. The van der Waals surface area contributed by atoms with E-state index in [-0.39, 0.29) is 0 Å². The molecule has 1 unspecified atom stereocenters. The van der Waals surface area contributed by atoms with Crippen molar-refractivity contribution in [2.75, 3.05) is 5.75 Å². The molecule has 0 spiro atoms. The summed E-state index contributed by atoms with van der Waals surface area (Å²) >= 11 is 8.05. The lowest BCUT2D eigenvalue weighted by Gasteiger charge is -2.26. The standard InChI is InChI=1S/C15H18ClN3S/c1-9-13(10(2)19-18-9)8-17-14-5-6-20-15-4-3-11(16)7-12(14)15/h3-4,7,14,17H,5-6,8H2,1-2H3,(H,18,19). The van der Waals surface area contributed by atoms with Crippen molar-refractivity contribution in [3.63, 3.8) is 0 Å². The molecule has 1 atom stereocenters. The topological polar surface area (TPSA) is 40.7 Å². The molecule has 0 saturated heterocycles. The fourth-order valence-electron chi connectivity index (χ4n) is 2.64. The quantitative estimate of drug-likeness (QED) is 0.900. The van der Waals surface area contributed by atoms with E-state index in [0.717, 1.165) is 35.1 Å². The Balaban J connectivity index is 1.78. The Bertz CT molecular complexity index is 604. The molecule has 3 nitrogen and oxygen atoms in total. The summed E-state index contributed by atoms with van der Waals surface area (Å²) in [5, 5.41) is 11.8. The van der Waals surface area contributed by atoms with Crippen LogP contribution in [0.3, 0.4) is 0 Å².